The molecule has 0 heterocycles. The third-order valence-electron chi connectivity index (χ3n) is 6.09. The van der Waals surface area contributed by atoms with Crippen LogP contribution in [0, 0.1) is 5.92 Å². The van der Waals surface area contributed by atoms with Crippen molar-refractivity contribution in [2.24, 2.45) is 5.92 Å². The van der Waals surface area contributed by atoms with Gasteiger partial charge in [-0.3, -0.25) is 13.9 Å². The quantitative estimate of drug-likeness (QED) is 0.275. The third kappa shape index (κ3) is 9.13. The molecule has 0 aliphatic heterocycles. The molecule has 40 heavy (non-hydrogen) atoms. The summed E-state index contributed by atoms with van der Waals surface area (Å²) in [6.07, 6.45) is 1.22. The Morgan fingerprint density at radius 1 is 0.900 bits per heavy atom. The summed E-state index contributed by atoms with van der Waals surface area (Å²) in [7, 11) is -3.89. The van der Waals surface area contributed by atoms with Crippen LogP contribution in [-0.2, 0) is 32.6 Å². The van der Waals surface area contributed by atoms with E-state index in [1.54, 1.807) is 36.4 Å². The van der Waals surface area contributed by atoms with Crippen molar-refractivity contribution in [1.82, 2.24) is 10.2 Å². The Hall–Kier alpha value is -2.78. The molecule has 3 aromatic carbocycles. The van der Waals surface area contributed by atoms with E-state index in [0.717, 1.165) is 16.1 Å². The first-order valence-corrected chi connectivity index (χ1v) is 15.6. The fourth-order valence-corrected chi connectivity index (χ4v) is 5.55. The molecule has 0 spiro atoms. The minimum absolute atomic E-state index is 0.0470. The molecule has 0 bridgehead atoms. The smallest absolute Gasteiger partial charge is 0.244 e. The molecule has 0 radical (unpaired) electrons. The number of carbonyl (C=O) groups excluding carboxylic acids is 2. The van der Waals surface area contributed by atoms with Crippen LogP contribution in [0.25, 0.3) is 0 Å². The van der Waals surface area contributed by atoms with Crippen LogP contribution >= 0.6 is 34.8 Å². The first-order valence-electron chi connectivity index (χ1n) is 12.6. The average Bonchev–Trinajstić information content (AvgIpc) is 2.88. The molecule has 214 valence electrons. The van der Waals surface area contributed by atoms with Crippen LogP contribution in [0.4, 0.5) is 5.69 Å². The van der Waals surface area contributed by atoms with Crippen molar-refractivity contribution in [3.63, 3.8) is 0 Å². The number of nitrogens with one attached hydrogen (secondary N) is 1. The van der Waals surface area contributed by atoms with Crippen LogP contribution in [-0.4, -0.2) is 50.5 Å². The molecule has 7 nitrogen and oxygen atoms in total. The Balaban J connectivity index is 2.07. The first-order chi connectivity index (χ1) is 18.8. The summed E-state index contributed by atoms with van der Waals surface area (Å²) in [5.74, 6) is -0.763. The van der Waals surface area contributed by atoms with Crippen molar-refractivity contribution in [3.8, 4) is 0 Å². The zero-order valence-corrected chi connectivity index (χ0v) is 25.6. The summed E-state index contributed by atoms with van der Waals surface area (Å²) >= 11 is 18.7. The van der Waals surface area contributed by atoms with Gasteiger partial charge >= 0.3 is 0 Å². The number of carbonyl (C=O) groups is 2. The Bertz CT molecular complexity index is 1440. The molecule has 1 atom stereocenters. The Morgan fingerprint density at radius 3 is 2.17 bits per heavy atom. The van der Waals surface area contributed by atoms with Crippen molar-refractivity contribution in [2.45, 2.75) is 32.9 Å². The SMILES string of the molecule is CC(C)CNC(=O)[C@H](Cc1ccccc1)N(Cc1ccc(Cl)cc1Cl)C(=O)CN(c1cccc(Cl)c1)S(C)(=O)=O. The Morgan fingerprint density at radius 2 is 1.57 bits per heavy atom. The van der Waals surface area contributed by atoms with Gasteiger partial charge in [0.2, 0.25) is 21.8 Å². The molecule has 0 aliphatic rings. The summed E-state index contributed by atoms with van der Waals surface area (Å²) in [4.78, 5) is 29.0. The maximum Gasteiger partial charge on any atom is 0.244 e. The number of anilines is 1. The van der Waals surface area contributed by atoms with Gasteiger partial charge in [-0.05, 0) is 47.4 Å². The molecule has 0 aliphatic carbocycles. The number of hydrogen-bond donors (Lipinski definition) is 1. The lowest BCUT2D eigenvalue weighted by Crippen LogP contribution is -2.53. The fraction of sp³-hybridized carbons (Fsp3) is 0.310. The predicted octanol–water partition coefficient (Wildman–Crippen LogP) is 5.83. The van der Waals surface area contributed by atoms with E-state index >= 15 is 0 Å². The highest BCUT2D eigenvalue weighted by Crippen LogP contribution is 2.26. The second-order valence-electron chi connectivity index (χ2n) is 9.85. The number of sulfonamides is 1. The van der Waals surface area contributed by atoms with Crippen LogP contribution in [0.2, 0.25) is 15.1 Å². The number of hydrogen-bond acceptors (Lipinski definition) is 4. The Kier molecular flexibility index (Phi) is 11.3. The molecule has 3 rings (SSSR count). The topological polar surface area (TPSA) is 86.8 Å². The van der Waals surface area contributed by atoms with E-state index in [4.69, 9.17) is 34.8 Å². The standard InChI is InChI=1S/C29H32Cl3N3O4S/c1-20(2)17-33-29(37)27(14-21-8-5-4-6-9-21)34(18-22-12-13-24(31)16-26(22)32)28(36)19-35(40(3,38)39)25-11-7-10-23(30)15-25/h4-13,15-16,20,27H,14,17-19H2,1-3H3,(H,33,37)/t27-/m0/s1. The second-order valence-corrected chi connectivity index (χ2v) is 13.0. The van der Waals surface area contributed by atoms with Crippen LogP contribution < -0.4 is 9.62 Å². The van der Waals surface area contributed by atoms with Crippen LogP contribution in [0.15, 0.2) is 72.8 Å². The van der Waals surface area contributed by atoms with E-state index < -0.39 is 28.5 Å². The number of nitrogens with zero attached hydrogens (tertiary/aromatic N) is 2. The van der Waals surface area contributed by atoms with Gasteiger partial charge < -0.3 is 10.2 Å². The minimum Gasteiger partial charge on any atom is -0.354 e. The Labute approximate surface area is 251 Å². The maximum absolute atomic E-state index is 14.1. The largest absolute Gasteiger partial charge is 0.354 e. The molecule has 0 saturated heterocycles. The monoisotopic (exact) mass is 623 g/mol. The molecule has 0 fully saturated rings. The molecular formula is C29H32Cl3N3O4S. The number of rotatable bonds is 12. The summed E-state index contributed by atoms with van der Waals surface area (Å²) in [6.45, 7) is 3.75. The zero-order valence-electron chi connectivity index (χ0n) is 22.5. The summed E-state index contributed by atoms with van der Waals surface area (Å²) in [6, 6.07) is 19.5. The van der Waals surface area contributed by atoms with Gasteiger partial charge in [0.15, 0.2) is 0 Å². The minimum atomic E-state index is -3.89. The van der Waals surface area contributed by atoms with Crippen molar-refractivity contribution >= 4 is 62.3 Å². The summed E-state index contributed by atoms with van der Waals surface area (Å²) in [5, 5.41) is 3.99. The molecule has 3 aromatic rings. The molecule has 1 N–H and O–H groups in total. The predicted molar refractivity (Wildman–Crippen MR) is 162 cm³/mol. The lowest BCUT2D eigenvalue weighted by molar-refractivity contribution is -0.140. The van der Waals surface area contributed by atoms with E-state index in [-0.39, 0.29) is 30.5 Å². The van der Waals surface area contributed by atoms with Gasteiger partial charge in [-0.1, -0.05) is 91.1 Å². The van der Waals surface area contributed by atoms with Crippen LogP contribution in [0.3, 0.4) is 0 Å². The van der Waals surface area contributed by atoms with Gasteiger partial charge in [0.25, 0.3) is 0 Å². The van der Waals surface area contributed by atoms with Gasteiger partial charge in [0.05, 0.1) is 11.9 Å². The highest BCUT2D eigenvalue weighted by molar-refractivity contribution is 7.92. The molecule has 2 amide bonds. The number of benzene rings is 3. The summed E-state index contributed by atoms with van der Waals surface area (Å²) in [5.41, 5.74) is 1.63. The number of halogens is 3. The molecule has 0 aromatic heterocycles. The van der Waals surface area contributed by atoms with Gasteiger partial charge in [-0.2, -0.15) is 0 Å². The summed E-state index contributed by atoms with van der Waals surface area (Å²) < 4.78 is 26.6. The van der Waals surface area contributed by atoms with Crippen molar-refractivity contribution in [1.29, 1.82) is 0 Å². The van der Waals surface area contributed by atoms with E-state index in [1.807, 2.05) is 44.2 Å². The highest BCUT2D eigenvalue weighted by Gasteiger charge is 2.33. The van der Waals surface area contributed by atoms with E-state index in [9.17, 15) is 18.0 Å². The third-order valence-corrected chi connectivity index (χ3v) is 8.05. The normalized spacial score (nSPS) is 12.2. The van der Waals surface area contributed by atoms with Crippen molar-refractivity contribution in [2.75, 3.05) is 23.7 Å². The van der Waals surface area contributed by atoms with E-state index in [1.165, 1.54) is 11.0 Å². The van der Waals surface area contributed by atoms with Gasteiger partial charge in [0, 0.05) is 34.6 Å². The highest BCUT2D eigenvalue weighted by atomic mass is 35.5. The number of amides is 2. The lowest BCUT2D eigenvalue weighted by Gasteiger charge is -2.34. The molecule has 11 heteroatoms. The van der Waals surface area contributed by atoms with Crippen molar-refractivity contribution in [3.05, 3.63) is 99.0 Å². The fourth-order valence-electron chi connectivity index (χ4n) is 4.05. The second kappa shape index (κ2) is 14.2. The van der Waals surface area contributed by atoms with Gasteiger partial charge in [-0.15, -0.1) is 0 Å². The average molecular weight is 625 g/mol. The maximum atomic E-state index is 14.1. The van der Waals surface area contributed by atoms with Crippen LogP contribution in [0.1, 0.15) is 25.0 Å². The molecule has 0 saturated carbocycles. The zero-order chi connectivity index (χ0) is 29.4. The molecular weight excluding hydrogens is 593 g/mol. The van der Waals surface area contributed by atoms with Crippen molar-refractivity contribution < 1.29 is 18.0 Å². The van der Waals surface area contributed by atoms with Gasteiger partial charge in [-0.25, -0.2) is 8.42 Å². The van der Waals surface area contributed by atoms with Crippen LogP contribution in [0.5, 0.6) is 0 Å². The first kappa shape index (κ1) is 31.7. The van der Waals surface area contributed by atoms with E-state index in [0.29, 0.717) is 27.2 Å². The van der Waals surface area contributed by atoms with Gasteiger partial charge in [0.1, 0.15) is 12.6 Å². The molecule has 0 unspecified atom stereocenters. The lowest BCUT2D eigenvalue weighted by atomic mass is 10.0. The van der Waals surface area contributed by atoms with E-state index in [2.05, 4.69) is 5.32 Å².